The molecule has 34 heavy (non-hydrogen) atoms. The van der Waals surface area contributed by atoms with E-state index >= 15 is 0 Å². The highest BCUT2D eigenvalue weighted by Gasteiger charge is 2.16. The number of amides is 1. The van der Waals surface area contributed by atoms with Gasteiger partial charge in [0.05, 0.1) is 11.3 Å². The van der Waals surface area contributed by atoms with Gasteiger partial charge >= 0.3 is 0 Å². The summed E-state index contributed by atoms with van der Waals surface area (Å²) >= 11 is 0. The molecule has 0 atom stereocenters. The normalized spacial score (nSPS) is 10.7. The van der Waals surface area contributed by atoms with Crippen LogP contribution in [0.2, 0.25) is 0 Å². The van der Waals surface area contributed by atoms with E-state index in [2.05, 4.69) is 39.4 Å². The zero-order valence-electron chi connectivity index (χ0n) is 19.0. The van der Waals surface area contributed by atoms with Crippen molar-refractivity contribution in [1.82, 2.24) is 15.0 Å². The number of anilines is 2. The first-order valence-electron chi connectivity index (χ1n) is 10.8. The Morgan fingerprint density at radius 2 is 1.79 bits per heavy atom. The van der Waals surface area contributed by atoms with E-state index in [-0.39, 0.29) is 23.1 Å². The summed E-state index contributed by atoms with van der Waals surface area (Å²) in [5.41, 5.74) is 3.19. The van der Waals surface area contributed by atoms with Gasteiger partial charge in [-0.3, -0.25) is 4.79 Å². The standard InChI is InChI=1S/C26H24FN5O2/c1-16(2)17-6-9-19(10-7-17)31-24(33)18-8-11-21(27)23(15-18)34-25-20(5-4-13-29-25)22-12-14-30-26(28-3)32-22/h4-16H,1-3H3,(H,31,33)(H,28,30,32). The Labute approximate surface area is 197 Å². The third-order valence-corrected chi connectivity index (χ3v) is 5.16. The van der Waals surface area contributed by atoms with Crippen LogP contribution in [0, 0.1) is 5.82 Å². The van der Waals surface area contributed by atoms with Crippen LogP contribution in [0.25, 0.3) is 11.3 Å². The van der Waals surface area contributed by atoms with Crippen LogP contribution in [0.5, 0.6) is 11.6 Å². The maximum absolute atomic E-state index is 14.6. The first-order valence-corrected chi connectivity index (χ1v) is 10.8. The molecular formula is C26H24FN5O2. The number of aromatic nitrogens is 3. The fraction of sp³-hybridized carbons (Fsp3) is 0.154. The second-order valence-electron chi connectivity index (χ2n) is 7.85. The summed E-state index contributed by atoms with van der Waals surface area (Å²) < 4.78 is 20.4. The maximum atomic E-state index is 14.6. The first-order chi connectivity index (χ1) is 16.4. The zero-order chi connectivity index (χ0) is 24.1. The molecule has 172 valence electrons. The third kappa shape index (κ3) is 5.17. The molecule has 0 saturated carbocycles. The number of carbonyl (C=O) groups is 1. The molecule has 7 nitrogen and oxygen atoms in total. The molecule has 8 heteroatoms. The number of benzene rings is 2. The van der Waals surface area contributed by atoms with Crippen molar-refractivity contribution in [1.29, 1.82) is 0 Å². The average Bonchev–Trinajstić information content (AvgIpc) is 2.86. The van der Waals surface area contributed by atoms with Crippen molar-refractivity contribution in [3.63, 3.8) is 0 Å². The quantitative estimate of drug-likeness (QED) is 0.360. The first kappa shape index (κ1) is 22.8. The van der Waals surface area contributed by atoms with Crippen LogP contribution in [0.3, 0.4) is 0 Å². The number of hydrogen-bond acceptors (Lipinski definition) is 6. The number of carbonyl (C=O) groups excluding carboxylic acids is 1. The van der Waals surface area contributed by atoms with Gasteiger partial charge in [0.15, 0.2) is 11.6 Å². The predicted octanol–water partition coefficient (Wildman–Crippen LogP) is 5.89. The number of rotatable bonds is 7. The number of hydrogen-bond donors (Lipinski definition) is 2. The number of nitrogens with zero attached hydrogens (tertiary/aromatic N) is 3. The minimum atomic E-state index is -0.618. The fourth-order valence-corrected chi connectivity index (χ4v) is 3.28. The van der Waals surface area contributed by atoms with Crippen LogP contribution in [0.4, 0.5) is 16.0 Å². The summed E-state index contributed by atoms with van der Waals surface area (Å²) in [6, 6.07) is 16.8. The van der Waals surface area contributed by atoms with E-state index < -0.39 is 5.82 Å². The molecule has 2 heterocycles. The van der Waals surface area contributed by atoms with Crippen LogP contribution in [0.1, 0.15) is 35.7 Å². The Morgan fingerprint density at radius 1 is 1.00 bits per heavy atom. The summed E-state index contributed by atoms with van der Waals surface area (Å²) in [4.78, 5) is 25.5. The molecule has 2 N–H and O–H groups in total. The van der Waals surface area contributed by atoms with Crippen LogP contribution in [-0.2, 0) is 0 Å². The minimum absolute atomic E-state index is 0.120. The largest absolute Gasteiger partial charge is 0.435 e. The van der Waals surface area contributed by atoms with Crippen molar-refractivity contribution >= 4 is 17.5 Å². The van der Waals surface area contributed by atoms with Crippen molar-refractivity contribution in [3.8, 4) is 22.9 Å². The molecule has 1 amide bonds. The van der Waals surface area contributed by atoms with Gasteiger partial charge in [0.25, 0.3) is 5.91 Å². The maximum Gasteiger partial charge on any atom is 0.255 e. The van der Waals surface area contributed by atoms with E-state index in [0.717, 1.165) is 0 Å². The Kier molecular flexibility index (Phi) is 6.77. The average molecular weight is 458 g/mol. The van der Waals surface area contributed by atoms with Gasteiger partial charge in [-0.15, -0.1) is 0 Å². The summed E-state index contributed by atoms with van der Waals surface area (Å²) in [6.45, 7) is 4.20. The van der Waals surface area contributed by atoms with Crippen LogP contribution in [0.15, 0.2) is 73.1 Å². The van der Waals surface area contributed by atoms with E-state index in [9.17, 15) is 9.18 Å². The Balaban J connectivity index is 1.58. The lowest BCUT2D eigenvalue weighted by molar-refractivity contribution is 0.102. The Bertz CT molecular complexity index is 1310. The smallest absolute Gasteiger partial charge is 0.255 e. The highest BCUT2D eigenvalue weighted by molar-refractivity contribution is 6.04. The van der Waals surface area contributed by atoms with Crippen LogP contribution >= 0.6 is 0 Å². The number of halogens is 1. The second-order valence-corrected chi connectivity index (χ2v) is 7.85. The molecular weight excluding hydrogens is 433 g/mol. The monoisotopic (exact) mass is 457 g/mol. The van der Waals surface area contributed by atoms with Crippen molar-refractivity contribution in [3.05, 3.63) is 90.0 Å². The molecule has 0 aliphatic carbocycles. The molecule has 0 aliphatic rings. The van der Waals surface area contributed by atoms with Crippen molar-refractivity contribution in [2.45, 2.75) is 19.8 Å². The summed E-state index contributed by atoms with van der Waals surface area (Å²) in [5, 5.41) is 5.70. The molecule has 0 saturated heterocycles. The molecule has 4 aromatic rings. The van der Waals surface area contributed by atoms with E-state index in [1.807, 2.05) is 24.3 Å². The highest BCUT2D eigenvalue weighted by atomic mass is 19.1. The Hall–Kier alpha value is -4.33. The lowest BCUT2D eigenvalue weighted by Gasteiger charge is -2.12. The number of ether oxygens (including phenoxy) is 1. The lowest BCUT2D eigenvalue weighted by atomic mass is 10.0. The molecule has 0 aliphatic heterocycles. The van der Waals surface area contributed by atoms with Gasteiger partial charge in [-0.2, -0.15) is 0 Å². The van der Waals surface area contributed by atoms with Crippen molar-refractivity contribution in [2.75, 3.05) is 17.7 Å². The van der Waals surface area contributed by atoms with Crippen LogP contribution < -0.4 is 15.4 Å². The molecule has 0 bridgehead atoms. The van der Waals surface area contributed by atoms with Gasteiger partial charge in [-0.25, -0.2) is 19.3 Å². The SMILES string of the molecule is CNc1nccc(-c2cccnc2Oc2cc(C(=O)Nc3ccc(C(C)C)cc3)ccc2F)n1. The molecule has 0 radical (unpaired) electrons. The zero-order valence-corrected chi connectivity index (χ0v) is 19.0. The van der Waals surface area contributed by atoms with E-state index in [4.69, 9.17) is 4.74 Å². The van der Waals surface area contributed by atoms with E-state index in [1.165, 1.54) is 30.0 Å². The fourth-order valence-electron chi connectivity index (χ4n) is 3.28. The molecule has 0 unspecified atom stereocenters. The van der Waals surface area contributed by atoms with Crippen LogP contribution in [-0.4, -0.2) is 27.9 Å². The lowest BCUT2D eigenvalue weighted by Crippen LogP contribution is -2.12. The molecule has 2 aromatic heterocycles. The van der Waals surface area contributed by atoms with Gasteiger partial charge < -0.3 is 15.4 Å². The highest BCUT2D eigenvalue weighted by Crippen LogP contribution is 2.32. The molecule has 0 spiro atoms. The van der Waals surface area contributed by atoms with Gasteiger partial charge in [0.1, 0.15) is 0 Å². The third-order valence-electron chi connectivity index (χ3n) is 5.16. The minimum Gasteiger partial charge on any atom is -0.435 e. The van der Waals surface area contributed by atoms with Crippen molar-refractivity contribution in [2.24, 2.45) is 0 Å². The van der Waals surface area contributed by atoms with Crippen molar-refractivity contribution < 1.29 is 13.9 Å². The topological polar surface area (TPSA) is 89.0 Å². The van der Waals surface area contributed by atoms with E-state index in [0.29, 0.717) is 28.8 Å². The number of pyridine rings is 1. The summed E-state index contributed by atoms with van der Waals surface area (Å²) in [7, 11) is 1.71. The van der Waals surface area contributed by atoms with Gasteiger partial charge in [-0.05, 0) is 60.0 Å². The van der Waals surface area contributed by atoms with Gasteiger partial charge in [-0.1, -0.05) is 26.0 Å². The molecule has 2 aromatic carbocycles. The Morgan fingerprint density at radius 3 is 2.53 bits per heavy atom. The number of nitrogens with one attached hydrogen (secondary N) is 2. The van der Waals surface area contributed by atoms with Gasteiger partial charge in [0, 0.05) is 30.7 Å². The second kappa shape index (κ2) is 10.1. The molecule has 0 fully saturated rings. The van der Waals surface area contributed by atoms with E-state index in [1.54, 1.807) is 31.4 Å². The summed E-state index contributed by atoms with van der Waals surface area (Å²) in [6.07, 6.45) is 3.14. The molecule has 4 rings (SSSR count). The predicted molar refractivity (Wildman–Crippen MR) is 130 cm³/mol. The summed E-state index contributed by atoms with van der Waals surface area (Å²) in [5.74, 6) is -0.135. The van der Waals surface area contributed by atoms with Gasteiger partial charge in [0.2, 0.25) is 11.8 Å².